The highest BCUT2D eigenvalue weighted by atomic mass is 35.5. The van der Waals surface area contributed by atoms with Crippen molar-refractivity contribution >= 4 is 34.9 Å². The lowest BCUT2D eigenvalue weighted by atomic mass is 10.1. The van der Waals surface area contributed by atoms with Gasteiger partial charge in [-0.3, -0.25) is 4.79 Å². The van der Waals surface area contributed by atoms with Crippen LogP contribution in [0.3, 0.4) is 0 Å². The molecule has 6 nitrogen and oxygen atoms in total. The Hall–Kier alpha value is -2.57. The normalized spacial score (nSPS) is 10.9. The zero-order valence-electron chi connectivity index (χ0n) is 14.7. The monoisotopic (exact) mass is 375 g/mol. The topological polar surface area (TPSA) is 90.5 Å². The predicted molar refractivity (Wildman–Crippen MR) is 104 cm³/mol. The van der Waals surface area contributed by atoms with E-state index in [1.54, 1.807) is 62.4 Å². The van der Waals surface area contributed by atoms with Gasteiger partial charge in [-0.2, -0.15) is 0 Å². The Morgan fingerprint density at radius 1 is 0.962 bits per heavy atom. The Morgan fingerprint density at radius 3 is 1.96 bits per heavy atom. The van der Waals surface area contributed by atoms with Gasteiger partial charge in [0.1, 0.15) is 0 Å². The zero-order valence-corrected chi connectivity index (χ0v) is 15.4. The molecule has 0 saturated heterocycles. The maximum absolute atomic E-state index is 12.0. The van der Waals surface area contributed by atoms with Crippen molar-refractivity contribution in [1.29, 1.82) is 0 Å². The van der Waals surface area contributed by atoms with Gasteiger partial charge in [-0.05, 0) is 55.8 Å². The molecule has 0 unspecified atom stereocenters. The first kappa shape index (κ1) is 19.8. The van der Waals surface area contributed by atoms with Crippen LogP contribution in [0.15, 0.2) is 48.5 Å². The Labute approximate surface area is 157 Å². The van der Waals surface area contributed by atoms with Crippen LogP contribution in [0.25, 0.3) is 0 Å². The van der Waals surface area contributed by atoms with Crippen LogP contribution in [0.2, 0.25) is 5.02 Å². The van der Waals surface area contributed by atoms with E-state index < -0.39 is 5.54 Å². The number of aliphatic hydroxyl groups is 1. The number of hydrogen-bond donors (Lipinski definition) is 4. The van der Waals surface area contributed by atoms with E-state index in [2.05, 4.69) is 16.0 Å². The molecular formula is C19H22ClN3O3. The SMILES string of the molecule is CC(C)(CO)NC(=O)Cc1ccc(NC(=O)Nc2ccc(Cl)cc2)cc1. The van der Waals surface area contributed by atoms with Gasteiger partial charge in [-0.25, -0.2) is 4.79 Å². The number of aliphatic hydroxyl groups excluding tert-OH is 1. The summed E-state index contributed by atoms with van der Waals surface area (Å²) in [6.45, 7) is 3.36. The van der Waals surface area contributed by atoms with Crippen LogP contribution in [0, 0.1) is 0 Å². The largest absolute Gasteiger partial charge is 0.394 e. The molecule has 0 heterocycles. The first-order chi connectivity index (χ1) is 12.3. The summed E-state index contributed by atoms with van der Waals surface area (Å²) < 4.78 is 0. The third-order valence-corrected chi connectivity index (χ3v) is 3.80. The number of benzene rings is 2. The molecular weight excluding hydrogens is 354 g/mol. The maximum atomic E-state index is 12.0. The molecule has 7 heteroatoms. The second kappa shape index (κ2) is 8.69. The summed E-state index contributed by atoms with van der Waals surface area (Å²) in [4.78, 5) is 23.9. The second-order valence-electron chi connectivity index (χ2n) is 6.55. The Morgan fingerprint density at radius 2 is 1.46 bits per heavy atom. The molecule has 0 aromatic heterocycles. The summed E-state index contributed by atoms with van der Waals surface area (Å²) in [5.74, 6) is -0.176. The van der Waals surface area contributed by atoms with Crippen LogP contribution < -0.4 is 16.0 Å². The predicted octanol–water partition coefficient (Wildman–Crippen LogP) is 3.41. The number of anilines is 2. The molecule has 0 aliphatic carbocycles. The number of halogens is 1. The van der Waals surface area contributed by atoms with Crippen molar-refractivity contribution in [2.24, 2.45) is 0 Å². The molecule has 0 bridgehead atoms. The van der Waals surface area contributed by atoms with E-state index in [1.165, 1.54) is 0 Å². The fourth-order valence-electron chi connectivity index (χ4n) is 2.18. The first-order valence-corrected chi connectivity index (χ1v) is 8.49. The second-order valence-corrected chi connectivity index (χ2v) is 6.99. The van der Waals surface area contributed by atoms with Gasteiger partial charge in [-0.1, -0.05) is 23.7 Å². The summed E-state index contributed by atoms with van der Waals surface area (Å²) in [5.41, 5.74) is 1.39. The highest BCUT2D eigenvalue weighted by molar-refractivity contribution is 6.30. The Bertz CT molecular complexity index is 759. The van der Waals surface area contributed by atoms with Gasteiger partial charge >= 0.3 is 6.03 Å². The van der Waals surface area contributed by atoms with Gasteiger partial charge in [-0.15, -0.1) is 0 Å². The first-order valence-electron chi connectivity index (χ1n) is 8.12. The number of amides is 3. The molecule has 0 aliphatic heterocycles. The van der Waals surface area contributed by atoms with Crippen LogP contribution in [-0.2, 0) is 11.2 Å². The molecule has 2 aromatic carbocycles. The van der Waals surface area contributed by atoms with Gasteiger partial charge in [0, 0.05) is 16.4 Å². The molecule has 26 heavy (non-hydrogen) atoms. The molecule has 0 radical (unpaired) electrons. The van der Waals surface area contributed by atoms with E-state index in [9.17, 15) is 14.7 Å². The van der Waals surface area contributed by atoms with Gasteiger partial charge in [0.25, 0.3) is 0 Å². The molecule has 2 aromatic rings. The highest BCUT2D eigenvalue weighted by Crippen LogP contribution is 2.15. The molecule has 0 spiro atoms. The Kier molecular flexibility index (Phi) is 6.60. The minimum absolute atomic E-state index is 0.135. The smallest absolute Gasteiger partial charge is 0.323 e. The number of carbonyl (C=O) groups is 2. The van der Waals surface area contributed by atoms with E-state index in [-0.39, 0.29) is 25.0 Å². The Balaban J connectivity index is 1.87. The summed E-state index contributed by atoms with van der Waals surface area (Å²) in [6.07, 6.45) is 0.195. The third-order valence-electron chi connectivity index (χ3n) is 3.55. The average molecular weight is 376 g/mol. The van der Waals surface area contributed by atoms with Gasteiger partial charge in [0.15, 0.2) is 0 Å². The van der Waals surface area contributed by atoms with Crippen molar-refractivity contribution in [3.8, 4) is 0 Å². The molecule has 0 saturated carbocycles. The number of hydrogen-bond acceptors (Lipinski definition) is 3. The number of nitrogens with one attached hydrogen (secondary N) is 3. The molecule has 138 valence electrons. The fourth-order valence-corrected chi connectivity index (χ4v) is 2.31. The molecule has 0 atom stereocenters. The van der Waals surface area contributed by atoms with E-state index >= 15 is 0 Å². The van der Waals surface area contributed by atoms with Crippen LogP contribution in [0.1, 0.15) is 19.4 Å². The van der Waals surface area contributed by atoms with Crippen LogP contribution in [-0.4, -0.2) is 29.2 Å². The summed E-state index contributed by atoms with van der Waals surface area (Å²) >= 11 is 5.80. The molecule has 2 rings (SSSR count). The van der Waals surface area contributed by atoms with Crippen LogP contribution >= 0.6 is 11.6 Å². The fraction of sp³-hybridized carbons (Fsp3) is 0.263. The van der Waals surface area contributed by atoms with Crippen molar-refractivity contribution in [1.82, 2.24) is 5.32 Å². The lowest BCUT2D eigenvalue weighted by molar-refractivity contribution is -0.122. The standard InChI is InChI=1S/C19H22ClN3O3/c1-19(2,12-24)23-17(25)11-13-3-7-15(8-4-13)21-18(26)22-16-9-5-14(20)6-10-16/h3-10,24H,11-12H2,1-2H3,(H,23,25)(H2,21,22,26). The quantitative estimate of drug-likeness (QED) is 0.623. The zero-order chi connectivity index (χ0) is 19.2. The number of urea groups is 1. The van der Waals surface area contributed by atoms with E-state index in [0.717, 1.165) is 5.56 Å². The van der Waals surface area contributed by atoms with Crippen molar-refractivity contribution in [3.05, 3.63) is 59.1 Å². The lowest BCUT2D eigenvalue weighted by Gasteiger charge is -2.23. The molecule has 0 fully saturated rings. The third kappa shape index (κ3) is 6.38. The van der Waals surface area contributed by atoms with Crippen molar-refractivity contribution in [2.45, 2.75) is 25.8 Å². The van der Waals surface area contributed by atoms with Gasteiger partial charge < -0.3 is 21.1 Å². The van der Waals surface area contributed by atoms with Crippen molar-refractivity contribution in [2.75, 3.05) is 17.2 Å². The molecule has 0 aliphatic rings. The summed E-state index contributed by atoms with van der Waals surface area (Å²) in [7, 11) is 0. The van der Waals surface area contributed by atoms with E-state index in [4.69, 9.17) is 11.6 Å². The van der Waals surface area contributed by atoms with Gasteiger partial charge in [0.05, 0.1) is 18.6 Å². The molecule has 4 N–H and O–H groups in total. The van der Waals surface area contributed by atoms with Gasteiger partial charge in [0.2, 0.25) is 5.91 Å². The minimum Gasteiger partial charge on any atom is -0.394 e. The molecule has 3 amide bonds. The van der Waals surface area contributed by atoms with Crippen molar-refractivity contribution in [3.63, 3.8) is 0 Å². The minimum atomic E-state index is -0.654. The summed E-state index contributed by atoms with van der Waals surface area (Å²) in [5, 5.41) is 17.9. The van der Waals surface area contributed by atoms with Crippen LogP contribution in [0.4, 0.5) is 16.2 Å². The maximum Gasteiger partial charge on any atom is 0.323 e. The van der Waals surface area contributed by atoms with Crippen molar-refractivity contribution < 1.29 is 14.7 Å². The summed E-state index contributed by atoms with van der Waals surface area (Å²) in [6, 6.07) is 13.4. The number of rotatable bonds is 6. The highest BCUT2D eigenvalue weighted by Gasteiger charge is 2.18. The van der Waals surface area contributed by atoms with E-state index in [1.807, 2.05) is 0 Å². The number of carbonyl (C=O) groups excluding carboxylic acids is 2. The lowest BCUT2D eigenvalue weighted by Crippen LogP contribution is -2.46. The van der Waals surface area contributed by atoms with E-state index in [0.29, 0.717) is 16.4 Å². The van der Waals surface area contributed by atoms with Crippen LogP contribution in [0.5, 0.6) is 0 Å². The average Bonchev–Trinajstić information content (AvgIpc) is 2.58.